The van der Waals surface area contributed by atoms with E-state index >= 15 is 0 Å². The fraction of sp³-hybridized carbons (Fsp3) is 0.357. The number of carbonyl (C=O) groups excluding carboxylic acids is 2. The number of aliphatic carboxylic acids is 1. The van der Waals surface area contributed by atoms with Gasteiger partial charge in [-0.3, -0.25) is 9.59 Å². The third-order valence-corrected chi connectivity index (χ3v) is 2.82. The topological polar surface area (TPSA) is 119 Å². The summed E-state index contributed by atoms with van der Waals surface area (Å²) in [4.78, 5) is 34.0. The zero-order valence-electron chi connectivity index (χ0n) is 12.3. The molecule has 8 heteroatoms. The number of amides is 1. The predicted octanol–water partition coefficient (Wildman–Crippen LogP) is -1.23. The number of hydrogen-bond acceptors (Lipinski definition) is 5. The molecular formula is C14H20N2O5Pb. The summed E-state index contributed by atoms with van der Waals surface area (Å²) in [6.45, 7) is 0. The standard InChI is InChI=1S/C14H18N2O5.Pb.2H/c1-21-14(20)11(7-9-5-3-2-4-6-9)16-13(19)10(15)8-12(17)18;;;/h2-6,10-11H,7-8,15H2,1H3,(H,16,19)(H,17,18);;;/t10-,11-;;;/m0.../s1. The molecule has 0 aliphatic heterocycles. The summed E-state index contributed by atoms with van der Waals surface area (Å²) >= 11 is 0. The molecule has 1 aromatic carbocycles. The van der Waals surface area contributed by atoms with Crippen LogP contribution in [-0.2, 0) is 25.5 Å². The SMILES string of the molecule is COC(=O)[C@H](Cc1ccccc1)NC(=O)[C@@H](N)CC(=O)O.[PbH2]. The van der Waals surface area contributed by atoms with Crippen molar-refractivity contribution in [3.8, 4) is 0 Å². The molecule has 0 saturated carbocycles. The molecule has 7 nitrogen and oxygen atoms in total. The molecule has 22 heavy (non-hydrogen) atoms. The number of benzene rings is 1. The van der Waals surface area contributed by atoms with Crippen molar-refractivity contribution in [1.82, 2.24) is 5.32 Å². The van der Waals surface area contributed by atoms with Crippen LogP contribution < -0.4 is 11.1 Å². The van der Waals surface area contributed by atoms with E-state index in [1.807, 2.05) is 18.2 Å². The van der Waals surface area contributed by atoms with Gasteiger partial charge in [-0.1, -0.05) is 30.3 Å². The molecule has 0 aliphatic rings. The number of esters is 1. The molecule has 4 N–H and O–H groups in total. The number of rotatable bonds is 7. The summed E-state index contributed by atoms with van der Waals surface area (Å²) in [6.07, 6.45) is -0.274. The van der Waals surface area contributed by atoms with E-state index in [1.165, 1.54) is 7.11 Å². The molecule has 0 saturated heterocycles. The van der Waals surface area contributed by atoms with Gasteiger partial charge in [0, 0.05) is 6.42 Å². The van der Waals surface area contributed by atoms with E-state index in [-0.39, 0.29) is 33.7 Å². The number of methoxy groups -OCH3 is 1. The van der Waals surface area contributed by atoms with Crippen molar-refractivity contribution >= 4 is 45.1 Å². The van der Waals surface area contributed by atoms with Crippen molar-refractivity contribution in [3.63, 3.8) is 0 Å². The maximum atomic E-state index is 11.8. The summed E-state index contributed by atoms with van der Waals surface area (Å²) < 4.78 is 4.64. The van der Waals surface area contributed by atoms with Crippen LogP contribution in [0.2, 0.25) is 0 Å². The number of carbonyl (C=O) groups is 3. The molecule has 0 spiro atoms. The minimum absolute atomic E-state index is 0. The fourth-order valence-electron chi connectivity index (χ4n) is 1.74. The number of ether oxygens (including phenoxy) is 1. The third-order valence-electron chi connectivity index (χ3n) is 2.82. The second-order valence-corrected chi connectivity index (χ2v) is 4.48. The Bertz CT molecular complexity index is 509. The summed E-state index contributed by atoms with van der Waals surface area (Å²) in [5.41, 5.74) is 6.29. The Morgan fingerprint density at radius 3 is 2.36 bits per heavy atom. The van der Waals surface area contributed by atoms with Gasteiger partial charge in [-0.05, 0) is 5.56 Å². The quantitative estimate of drug-likeness (QED) is 0.317. The number of nitrogens with one attached hydrogen (secondary N) is 1. The van der Waals surface area contributed by atoms with Crippen LogP contribution in [0.25, 0.3) is 0 Å². The Kier molecular flexibility index (Phi) is 9.58. The molecule has 2 atom stereocenters. The number of nitrogens with two attached hydrogens (primary N) is 1. The summed E-state index contributed by atoms with van der Waals surface area (Å²) in [6, 6.07) is 6.93. The monoisotopic (exact) mass is 504 g/mol. The van der Waals surface area contributed by atoms with E-state index in [4.69, 9.17) is 10.8 Å². The molecule has 0 bridgehead atoms. The zero-order valence-corrected chi connectivity index (χ0v) is 17.8. The van der Waals surface area contributed by atoms with E-state index in [9.17, 15) is 14.4 Å². The van der Waals surface area contributed by atoms with E-state index in [2.05, 4.69) is 10.1 Å². The van der Waals surface area contributed by atoms with Crippen LogP contribution in [0.3, 0.4) is 0 Å². The average molecular weight is 504 g/mol. The van der Waals surface area contributed by atoms with Crippen molar-refractivity contribution in [2.24, 2.45) is 5.73 Å². The van der Waals surface area contributed by atoms with Crippen LogP contribution in [0.15, 0.2) is 30.3 Å². The first-order chi connectivity index (χ1) is 9.93. The van der Waals surface area contributed by atoms with Gasteiger partial charge in [0.1, 0.15) is 6.04 Å². The second kappa shape index (κ2) is 10.3. The molecule has 1 amide bonds. The minimum atomic E-state index is -1.22. The zero-order chi connectivity index (χ0) is 15.8. The molecule has 1 aromatic rings. The van der Waals surface area contributed by atoms with E-state index < -0.39 is 36.4 Å². The first-order valence-corrected chi connectivity index (χ1v) is 6.33. The van der Waals surface area contributed by atoms with E-state index in [0.29, 0.717) is 0 Å². The molecular weight excluding hydrogens is 483 g/mol. The molecule has 0 heterocycles. The van der Waals surface area contributed by atoms with Gasteiger partial charge in [0.2, 0.25) is 5.91 Å². The van der Waals surface area contributed by atoms with Crippen LogP contribution in [0, 0.1) is 0 Å². The van der Waals surface area contributed by atoms with Gasteiger partial charge in [0.05, 0.1) is 19.6 Å². The molecule has 0 aromatic heterocycles. The van der Waals surface area contributed by atoms with Gasteiger partial charge in [-0.25, -0.2) is 4.79 Å². The molecule has 120 valence electrons. The van der Waals surface area contributed by atoms with Crippen LogP contribution in [0.1, 0.15) is 12.0 Å². The van der Waals surface area contributed by atoms with Crippen LogP contribution in [0.5, 0.6) is 0 Å². The number of carboxylic acid groups (broad SMARTS) is 1. The third kappa shape index (κ3) is 6.98. The molecule has 0 unspecified atom stereocenters. The Labute approximate surface area is 148 Å². The number of hydrogen-bond donors (Lipinski definition) is 3. The summed E-state index contributed by atoms with van der Waals surface area (Å²) in [7, 11) is 1.21. The van der Waals surface area contributed by atoms with E-state index in [0.717, 1.165) is 5.56 Å². The van der Waals surface area contributed by atoms with Crippen molar-refractivity contribution in [3.05, 3.63) is 35.9 Å². The van der Waals surface area contributed by atoms with Crippen molar-refractivity contribution in [2.75, 3.05) is 7.11 Å². The van der Waals surface area contributed by atoms with Gasteiger partial charge in [0.15, 0.2) is 0 Å². The number of carboxylic acids is 1. The molecule has 0 fully saturated rings. The molecule has 2 radical (unpaired) electrons. The maximum absolute atomic E-state index is 11.8. The van der Waals surface area contributed by atoms with Crippen LogP contribution in [-0.4, -0.2) is 69.4 Å². The van der Waals surface area contributed by atoms with Gasteiger partial charge in [-0.2, -0.15) is 0 Å². The molecule has 1 rings (SSSR count). The van der Waals surface area contributed by atoms with Crippen LogP contribution in [0.4, 0.5) is 0 Å². The second-order valence-electron chi connectivity index (χ2n) is 4.48. The Morgan fingerprint density at radius 2 is 1.86 bits per heavy atom. The predicted molar refractivity (Wildman–Crippen MR) is 82.9 cm³/mol. The van der Waals surface area contributed by atoms with Crippen molar-refractivity contribution in [1.29, 1.82) is 0 Å². The first-order valence-electron chi connectivity index (χ1n) is 6.33. The van der Waals surface area contributed by atoms with Crippen molar-refractivity contribution < 1.29 is 24.2 Å². The van der Waals surface area contributed by atoms with Gasteiger partial charge < -0.3 is 20.9 Å². The first kappa shape index (κ1) is 20.5. The Morgan fingerprint density at radius 1 is 1.27 bits per heavy atom. The van der Waals surface area contributed by atoms with Gasteiger partial charge in [-0.15, -0.1) is 0 Å². The summed E-state index contributed by atoms with van der Waals surface area (Å²) in [5.74, 6) is -2.51. The summed E-state index contributed by atoms with van der Waals surface area (Å²) in [5, 5.41) is 11.0. The Balaban J connectivity index is 0.00000441. The van der Waals surface area contributed by atoms with Crippen LogP contribution >= 0.6 is 0 Å². The normalized spacial score (nSPS) is 12.5. The van der Waals surface area contributed by atoms with Crippen molar-refractivity contribution in [2.45, 2.75) is 24.9 Å². The van der Waals surface area contributed by atoms with Gasteiger partial charge in [0.25, 0.3) is 0 Å². The average Bonchev–Trinajstić information content (AvgIpc) is 2.46. The van der Waals surface area contributed by atoms with Gasteiger partial charge >= 0.3 is 39.2 Å². The van der Waals surface area contributed by atoms with E-state index in [1.54, 1.807) is 12.1 Å². The fourth-order valence-corrected chi connectivity index (χ4v) is 1.74. The Hall–Kier alpha value is -1.49. The molecule has 0 aliphatic carbocycles.